The first-order valence-corrected chi connectivity index (χ1v) is 6.00. The monoisotopic (exact) mass is 245 g/mol. The Hall–Kier alpha value is -2.09. The fourth-order valence-electron chi connectivity index (χ4n) is 2.39. The first kappa shape index (κ1) is 12.4. The number of rotatable bonds is 4. The van der Waals surface area contributed by atoms with Crippen LogP contribution in [0.15, 0.2) is 18.3 Å². The Balaban J connectivity index is 2.06. The number of anilines is 1. The summed E-state index contributed by atoms with van der Waals surface area (Å²) in [4.78, 5) is 15.2. The van der Waals surface area contributed by atoms with Gasteiger partial charge in [-0.3, -0.25) is 4.79 Å². The highest BCUT2D eigenvalue weighted by molar-refractivity contribution is 5.76. The van der Waals surface area contributed by atoms with Gasteiger partial charge in [0.05, 0.1) is 5.41 Å². The van der Waals surface area contributed by atoms with E-state index < -0.39 is 11.4 Å². The topological polar surface area (TPSA) is 86.0 Å². The van der Waals surface area contributed by atoms with Gasteiger partial charge < -0.3 is 10.4 Å². The van der Waals surface area contributed by atoms with E-state index in [1.54, 1.807) is 18.3 Å². The molecule has 2 rings (SSSR count). The maximum atomic E-state index is 11.4. The molecule has 1 fully saturated rings. The lowest BCUT2D eigenvalue weighted by Gasteiger charge is -2.24. The van der Waals surface area contributed by atoms with Gasteiger partial charge in [-0.25, -0.2) is 4.98 Å². The number of hydrogen-bond acceptors (Lipinski definition) is 4. The highest BCUT2D eigenvalue weighted by atomic mass is 16.4. The number of aromatic nitrogens is 1. The van der Waals surface area contributed by atoms with Crippen LogP contribution in [0.3, 0.4) is 0 Å². The van der Waals surface area contributed by atoms with Gasteiger partial charge in [0.2, 0.25) is 0 Å². The van der Waals surface area contributed by atoms with Gasteiger partial charge in [-0.2, -0.15) is 5.26 Å². The van der Waals surface area contributed by atoms with E-state index >= 15 is 0 Å². The highest BCUT2D eigenvalue weighted by Gasteiger charge is 2.40. The summed E-state index contributed by atoms with van der Waals surface area (Å²) in [6, 6.07) is 5.33. The van der Waals surface area contributed by atoms with Gasteiger partial charge in [0.1, 0.15) is 11.8 Å². The predicted molar refractivity (Wildman–Crippen MR) is 66.0 cm³/mol. The molecule has 18 heavy (non-hydrogen) atoms. The van der Waals surface area contributed by atoms with Crippen LogP contribution in [0.1, 0.15) is 31.4 Å². The molecular weight excluding hydrogens is 230 g/mol. The van der Waals surface area contributed by atoms with Crippen LogP contribution in [0.25, 0.3) is 0 Å². The third kappa shape index (κ3) is 2.43. The van der Waals surface area contributed by atoms with Gasteiger partial charge in [0.25, 0.3) is 0 Å². The summed E-state index contributed by atoms with van der Waals surface area (Å²) in [5, 5.41) is 21.2. The van der Waals surface area contributed by atoms with Crippen molar-refractivity contribution < 1.29 is 9.90 Å². The van der Waals surface area contributed by atoms with Crippen LogP contribution in [0.4, 0.5) is 5.69 Å². The molecule has 0 amide bonds. The van der Waals surface area contributed by atoms with Crippen molar-refractivity contribution in [3.63, 3.8) is 0 Å². The SMILES string of the molecule is N#Cc1cc(NCC2(C(=O)O)CCCC2)ccn1. The lowest BCUT2D eigenvalue weighted by atomic mass is 9.86. The molecule has 1 saturated carbocycles. The number of hydrogen-bond donors (Lipinski definition) is 2. The van der Waals surface area contributed by atoms with E-state index in [0.717, 1.165) is 18.5 Å². The largest absolute Gasteiger partial charge is 0.481 e. The second-order valence-electron chi connectivity index (χ2n) is 4.69. The molecule has 94 valence electrons. The van der Waals surface area contributed by atoms with Crippen molar-refractivity contribution in [1.29, 1.82) is 5.26 Å². The summed E-state index contributed by atoms with van der Waals surface area (Å²) in [6.45, 7) is 0.400. The van der Waals surface area contributed by atoms with Crippen molar-refractivity contribution in [2.75, 3.05) is 11.9 Å². The van der Waals surface area contributed by atoms with Gasteiger partial charge in [0, 0.05) is 18.4 Å². The lowest BCUT2D eigenvalue weighted by Crippen LogP contribution is -2.35. The smallest absolute Gasteiger partial charge is 0.311 e. The lowest BCUT2D eigenvalue weighted by molar-refractivity contribution is -0.147. The molecule has 0 saturated heterocycles. The zero-order chi connectivity index (χ0) is 13.0. The Morgan fingerprint density at radius 1 is 1.56 bits per heavy atom. The van der Waals surface area contributed by atoms with E-state index in [4.69, 9.17) is 5.26 Å². The van der Waals surface area contributed by atoms with Crippen LogP contribution in [-0.4, -0.2) is 22.6 Å². The average Bonchev–Trinajstić information content (AvgIpc) is 2.87. The van der Waals surface area contributed by atoms with Crippen LogP contribution < -0.4 is 5.32 Å². The normalized spacial score (nSPS) is 17.1. The molecule has 5 nitrogen and oxygen atoms in total. The van der Waals surface area contributed by atoms with Crippen LogP contribution >= 0.6 is 0 Å². The molecule has 0 spiro atoms. The predicted octanol–water partition coefficient (Wildman–Crippen LogP) is 2.01. The molecule has 1 aromatic rings. The Labute approximate surface area is 105 Å². The van der Waals surface area contributed by atoms with Crippen LogP contribution in [0.2, 0.25) is 0 Å². The fourth-order valence-corrected chi connectivity index (χ4v) is 2.39. The zero-order valence-corrected chi connectivity index (χ0v) is 10.0. The van der Waals surface area contributed by atoms with E-state index in [9.17, 15) is 9.90 Å². The maximum absolute atomic E-state index is 11.4. The third-order valence-corrected chi connectivity index (χ3v) is 3.52. The Morgan fingerprint density at radius 2 is 2.28 bits per heavy atom. The van der Waals surface area contributed by atoms with Crippen molar-refractivity contribution in [1.82, 2.24) is 4.98 Å². The second kappa shape index (κ2) is 5.05. The number of nitriles is 1. The van der Waals surface area contributed by atoms with Gasteiger partial charge >= 0.3 is 5.97 Å². The first-order chi connectivity index (χ1) is 8.66. The minimum Gasteiger partial charge on any atom is -0.481 e. The number of carboxylic acid groups (broad SMARTS) is 1. The summed E-state index contributed by atoms with van der Waals surface area (Å²) in [6.07, 6.45) is 4.90. The Morgan fingerprint density at radius 3 is 2.89 bits per heavy atom. The Kier molecular flexibility index (Phi) is 3.47. The zero-order valence-electron chi connectivity index (χ0n) is 10.0. The van der Waals surface area contributed by atoms with Crippen molar-refractivity contribution in [3.05, 3.63) is 24.0 Å². The van der Waals surface area contributed by atoms with Crippen molar-refractivity contribution in [2.24, 2.45) is 5.41 Å². The second-order valence-corrected chi connectivity index (χ2v) is 4.69. The molecule has 0 aliphatic heterocycles. The van der Waals surface area contributed by atoms with Gasteiger partial charge in [-0.15, -0.1) is 0 Å². The summed E-state index contributed by atoms with van der Waals surface area (Å²) in [7, 11) is 0. The summed E-state index contributed by atoms with van der Waals surface area (Å²) >= 11 is 0. The minimum atomic E-state index is -0.734. The van der Waals surface area contributed by atoms with Crippen LogP contribution in [0.5, 0.6) is 0 Å². The fraction of sp³-hybridized carbons (Fsp3) is 0.462. The number of nitrogens with one attached hydrogen (secondary N) is 1. The highest BCUT2D eigenvalue weighted by Crippen LogP contribution is 2.38. The standard InChI is InChI=1S/C13H15N3O2/c14-8-11-7-10(3-6-15-11)16-9-13(12(17)18)4-1-2-5-13/h3,6-7H,1-2,4-5,9H2,(H,15,16)(H,17,18). The molecule has 0 bridgehead atoms. The van der Waals surface area contributed by atoms with Crippen molar-refractivity contribution in [3.8, 4) is 6.07 Å². The molecule has 0 aromatic carbocycles. The van der Waals surface area contributed by atoms with E-state index in [2.05, 4.69) is 10.3 Å². The van der Waals surface area contributed by atoms with Crippen molar-refractivity contribution >= 4 is 11.7 Å². The van der Waals surface area contributed by atoms with Gasteiger partial charge in [-0.05, 0) is 25.0 Å². The van der Waals surface area contributed by atoms with E-state index in [-0.39, 0.29) is 0 Å². The van der Waals surface area contributed by atoms with E-state index in [1.165, 1.54) is 0 Å². The number of carbonyl (C=O) groups is 1. The molecule has 1 heterocycles. The number of aliphatic carboxylic acids is 1. The van der Waals surface area contributed by atoms with Crippen LogP contribution in [-0.2, 0) is 4.79 Å². The summed E-state index contributed by atoms with van der Waals surface area (Å²) in [5.41, 5.74) is 0.417. The Bertz CT molecular complexity index is 487. The van der Waals surface area contributed by atoms with Crippen molar-refractivity contribution in [2.45, 2.75) is 25.7 Å². The van der Waals surface area contributed by atoms with Gasteiger partial charge in [0.15, 0.2) is 0 Å². The molecule has 0 atom stereocenters. The quantitative estimate of drug-likeness (QED) is 0.847. The maximum Gasteiger partial charge on any atom is 0.311 e. The van der Waals surface area contributed by atoms with E-state index in [1.807, 2.05) is 6.07 Å². The molecule has 1 aliphatic rings. The third-order valence-electron chi connectivity index (χ3n) is 3.52. The van der Waals surface area contributed by atoms with E-state index in [0.29, 0.717) is 25.1 Å². The first-order valence-electron chi connectivity index (χ1n) is 6.00. The minimum absolute atomic E-state index is 0.329. The van der Waals surface area contributed by atoms with Gasteiger partial charge in [-0.1, -0.05) is 12.8 Å². The molecule has 1 aromatic heterocycles. The number of carboxylic acids is 1. The molecule has 0 unspecified atom stereocenters. The van der Waals surface area contributed by atoms with Crippen LogP contribution in [0, 0.1) is 16.7 Å². The molecule has 2 N–H and O–H groups in total. The summed E-state index contributed by atoms with van der Waals surface area (Å²) < 4.78 is 0. The number of nitrogens with zero attached hydrogens (tertiary/aromatic N) is 2. The molecule has 0 radical (unpaired) electrons. The number of pyridine rings is 1. The average molecular weight is 245 g/mol. The summed E-state index contributed by atoms with van der Waals surface area (Å²) in [5.74, 6) is -0.734. The molecule has 5 heteroatoms. The molecular formula is C13H15N3O2. The molecule has 1 aliphatic carbocycles.